The van der Waals surface area contributed by atoms with E-state index >= 15 is 0 Å². The molecule has 0 unspecified atom stereocenters. The van der Waals surface area contributed by atoms with Crippen molar-refractivity contribution in [2.45, 2.75) is 237 Å². The van der Waals surface area contributed by atoms with Crippen LogP contribution in [0.5, 0.6) is 0 Å². The van der Waals surface area contributed by atoms with Crippen LogP contribution in [0.1, 0.15) is 166 Å². The minimum absolute atomic E-state index is 0.0972. The molecule has 276 valence electrons. The summed E-state index contributed by atoms with van der Waals surface area (Å²) >= 11 is -0.194. The molecule has 0 saturated carbocycles. The summed E-state index contributed by atoms with van der Waals surface area (Å²) < 4.78 is 1.17. The zero-order valence-corrected chi connectivity index (χ0v) is 47.7. The molecule has 0 rings (SSSR count). The van der Waals surface area contributed by atoms with Crippen LogP contribution in [0, 0.1) is 0 Å². The van der Waals surface area contributed by atoms with E-state index in [1.165, 1.54) is 12.6 Å². The molecule has 0 bridgehead atoms. The van der Waals surface area contributed by atoms with E-state index in [4.69, 9.17) is 20.0 Å². The second-order valence-electron chi connectivity index (χ2n) is 22.1. The van der Waals surface area contributed by atoms with E-state index in [1.54, 1.807) is 0 Å². The molecule has 0 saturated heterocycles. The molecule has 0 atom stereocenters. The van der Waals surface area contributed by atoms with E-state index in [-0.39, 0.29) is 46.6 Å². The predicted octanol–water partition coefficient (Wildman–Crippen LogP) is 15.5. The van der Waals surface area contributed by atoms with Crippen molar-refractivity contribution < 1.29 is 0 Å². The summed E-state index contributed by atoms with van der Waals surface area (Å²) in [5.41, 5.74) is 0. The Morgan fingerprint density at radius 2 is 0.565 bits per heavy atom. The van der Waals surface area contributed by atoms with Crippen molar-refractivity contribution in [2.24, 2.45) is 0 Å². The molecule has 0 N–H and O–H groups in total. The molecule has 8 radical (unpaired) electrons. The first-order chi connectivity index (χ1) is 19.4. The molecule has 0 fully saturated rings. The third kappa shape index (κ3) is 19.5. The Balaban J connectivity index is -0.000000293. The van der Waals surface area contributed by atoms with Gasteiger partial charge in [0.15, 0.2) is 0 Å². The van der Waals surface area contributed by atoms with Crippen LogP contribution in [0.2, 0.25) is 70.6 Å². The molecule has 9 heteroatoms. The molecule has 0 aromatic heterocycles. The van der Waals surface area contributed by atoms with Gasteiger partial charge >= 0.3 is 53.1 Å². The van der Waals surface area contributed by atoms with Gasteiger partial charge in [-0.2, -0.15) is 0 Å². The third-order valence-electron chi connectivity index (χ3n) is 11.1. The van der Waals surface area contributed by atoms with Crippen molar-refractivity contribution in [3.63, 3.8) is 0 Å². The summed E-state index contributed by atoms with van der Waals surface area (Å²) in [5.74, 6) is 0. The van der Waals surface area contributed by atoms with Gasteiger partial charge in [-0.05, 0) is 40.3 Å². The molecule has 0 heterocycles. The van der Waals surface area contributed by atoms with Crippen molar-refractivity contribution in [1.29, 1.82) is 0 Å². The molecule has 46 heavy (non-hydrogen) atoms. The van der Waals surface area contributed by atoms with Gasteiger partial charge in [0.1, 0.15) is 0 Å². The van der Waals surface area contributed by atoms with Crippen molar-refractivity contribution in [2.75, 3.05) is 0 Å². The molecule has 0 nitrogen and oxygen atoms in total. The topological polar surface area (TPSA) is 0 Å². The number of halogens is 2. The quantitative estimate of drug-likeness (QED) is 0.247. The maximum atomic E-state index is 5.37. The third-order valence-corrected chi connectivity index (χ3v) is 64.8. The molecule has 0 aromatic carbocycles. The molecule has 0 aromatic rings. The van der Waals surface area contributed by atoms with Crippen LogP contribution in [0.3, 0.4) is 0 Å². The van der Waals surface area contributed by atoms with Crippen LogP contribution in [0.4, 0.5) is 0 Å². The summed E-state index contributed by atoms with van der Waals surface area (Å²) in [5, 5.41) is 4.05. The number of hydrogen-bond acceptors (Lipinski definition) is 0. The van der Waals surface area contributed by atoms with Crippen molar-refractivity contribution in [3.05, 3.63) is 0 Å². The number of hydrogen-bond donors (Lipinski definition) is 0. The van der Waals surface area contributed by atoms with E-state index in [2.05, 4.69) is 192 Å². The van der Waals surface area contributed by atoms with E-state index in [0.29, 0.717) is 40.3 Å². The van der Waals surface area contributed by atoms with Gasteiger partial charge in [-0.25, -0.2) is 0 Å². The maximum absolute atomic E-state index is 5.37. The van der Waals surface area contributed by atoms with Crippen molar-refractivity contribution >= 4 is 90.4 Å². The summed E-state index contributed by atoms with van der Waals surface area (Å²) in [7, 11) is 8.67. The second-order valence-corrected chi connectivity index (χ2v) is 58.8. The average Bonchev–Trinajstić information content (AvgIpc) is 2.74. The van der Waals surface area contributed by atoms with Gasteiger partial charge in [0.2, 0.25) is 0 Å². The minimum atomic E-state index is -1.42. The normalized spacial score (nSPS) is 14.6. The van der Waals surface area contributed by atoms with Crippen molar-refractivity contribution in [1.82, 2.24) is 0 Å². The Kier molecular flexibility index (Phi) is 23.8. The molecule has 0 aliphatic rings. The Morgan fingerprint density at radius 1 is 0.413 bits per heavy atom. The fraction of sp³-hybridized carbons (Fsp3) is 1.00. The molecular weight excluding hydrogens is 801 g/mol. The van der Waals surface area contributed by atoms with Crippen LogP contribution < -0.4 is 0 Å². The van der Waals surface area contributed by atoms with Gasteiger partial charge in [0.05, 0.1) is 17.6 Å². The van der Waals surface area contributed by atoms with Crippen LogP contribution in [0.25, 0.3) is 0 Å². The Morgan fingerprint density at radius 3 is 0.609 bits per heavy atom. The standard InChI is InChI=1S/C18H42Si3.2C9H21Si.CH2Cl2Ge2/c1-15(2,3)20(13,16(4,5)6)19-21(14,17(7,8)9)18(10,11)12;2*1-8(2,3)10(7)9(4,5)6;2-4-1-5-3/h1-14H3;2*1-7H3;1H2. The van der Waals surface area contributed by atoms with Crippen LogP contribution in [-0.2, 0) is 0 Å². The van der Waals surface area contributed by atoms with E-state index in [0.717, 1.165) is 0 Å². The Bertz CT molecular complexity index is 700. The summed E-state index contributed by atoms with van der Waals surface area (Å²) in [6.45, 7) is 68.7. The summed E-state index contributed by atoms with van der Waals surface area (Å²) in [6, 6.07) is 0. The number of rotatable bonds is 4. The molecule has 0 aliphatic carbocycles. The molecular formula is C37H86Cl2Ge2Si5. The summed E-state index contributed by atoms with van der Waals surface area (Å²) in [6.07, 6.45) is 0. The second kappa shape index (κ2) is 19.7. The monoisotopic (exact) mass is 888 g/mol. The van der Waals surface area contributed by atoms with Crippen molar-refractivity contribution in [3.8, 4) is 0 Å². The molecule has 0 spiro atoms. The zero-order valence-electron chi connectivity index (χ0n) is 37.0. The van der Waals surface area contributed by atoms with Crippen LogP contribution in [0.15, 0.2) is 0 Å². The van der Waals surface area contributed by atoms with Crippen LogP contribution >= 0.6 is 20.0 Å². The van der Waals surface area contributed by atoms with E-state index in [9.17, 15) is 0 Å². The molecule has 0 amide bonds. The zero-order chi connectivity index (χ0) is 39.0. The Labute approximate surface area is 324 Å². The van der Waals surface area contributed by atoms with Gasteiger partial charge in [0.25, 0.3) is 0 Å². The van der Waals surface area contributed by atoms with Gasteiger partial charge < -0.3 is 0 Å². The van der Waals surface area contributed by atoms with E-state index < -0.39 is 15.2 Å². The first kappa shape index (κ1) is 55.5. The van der Waals surface area contributed by atoms with Gasteiger partial charge in [0, 0.05) is 23.7 Å². The summed E-state index contributed by atoms with van der Waals surface area (Å²) in [4.78, 5) is 0. The van der Waals surface area contributed by atoms with Gasteiger partial charge in [-0.3, -0.25) is 0 Å². The van der Waals surface area contributed by atoms with E-state index in [1.807, 2.05) is 0 Å². The average molecular weight is 888 g/mol. The van der Waals surface area contributed by atoms with Gasteiger partial charge in [-0.1, -0.05) is 192 Å². The predicted molar refractivity (Wildman–Crippen MR) is 238 cm³/mol. The fourth-order valence-electron chi connectivity index (χ4n) is 5.78. The Hall–Kier alpha value is 2.75. The fourth-order valence-corrected chi connectivity index (χ4v) is 53.4. The SMILES string of the molecule is CC(C)(C)[Si](C)([Si][Si](C)(C(C)(C)C)C(C)(C)C)C(C)(C)C.C[Si](C(C)(C)C)C(C)(C)C.C[Si](C(C)(C)C)C(C)(C)C.[Cl][Ge][CH2][Ge][Cl]. The molecule has 0 aliphatic heterocycles. The first-order valence-corrected chi connectivity index (χ1v) is 38.1. The van der Waals surface area contributed by atoms with Gasteiger partial charge in [-0.15, -0.1) is 0 Å². The first-order valence-electron chi connectivity index (χ1n) is 17.6. The van der Waals surface area contributed by atoms with Crippen LogP contribution in [-0.4, -0.2) is 70.3 Å².